The number of hydrogen-bond acceptors (Lipinski definition) is 4. The second kappa shape index (κ2) is 6.41. The molecule has 3 atom stereocenters. The summed E-state index contributed by atoms with van der Waals surface area (Å²) in [5, 5.41) is 12.2. The van der Waals surface area contributed by atoms with Crippen LogP contribution in [0.4, 0.5) is 0 Å². The maximum atomic E-state index is 13.0. The highest BCUT2D eigenvalue weighted by atomic mass is 16.1. The molecule has 2 aliphatic heterocycles. The molecule has 2 aliphatic rings. The lowest BCUT2D eigenvalue weighted by atomic mass is 9.99. The number of nitrogens with one attached hydrogen (secondary N) is 2. The average molecular weight is 341 g/mol. The van der Waals surface area contributed by atoms with Gasteiger partial charge in [-0.1, -0.05) is 6.92 Å². The van der Waals surface area contributed by atoms with E-state index in [1.54, 1.807) is 6.20 Å². The predicted octanol–water partition coefficient (Wildman–Crippen LogP) is 2.72. The minimum absolute atomic E-state index is 0.00509. The van der Waals surface area contributed by atoms with E-state index in [1.807, 2.05) is 17.7 Å². The van der Waals surface area contributed by atoms with Gasteiger partial charge in [0.25, 0.3) is 5.91 Å². The highest BCUT2D eigenvalue weighted by Crippen LogP contribution is 2.28. The Morgan fingerprint density at radius 3 is 2.80 bits per heavy atom. The first-order valence-corrected chi connectivity index (χ1v) is 9.47. The van der Waals surface area contributed by atoms with Crippen LogP contribution in [0.25, 0.3) is 11.0 Å². The molecule has 2 aromatic rings. The minimum atomic E-state index is 0.00509. The van der Waals surface area contributed by atoms with Gasteiger partial charge in [0.1, 0.15) is 0 Å². The van der Waals surface area contributed by atoms with Crippen LogP contribution in [0.1, 0.15) is 68.0 Å². The fourth-order valence-corrected chi connectivity index (χ4v) is 4.26. The second-order valence-corrected chi connectivity index (χ2v) is 7.67. The summed E-state index contributed by atoms with van der Waals surface area (Å²) < 4.78 is 1.93. The molecule has 0 aliphatic carbocycles. The summed E-state index contributed by atoms with van der Waals surface area (Å²) in [7, 11) is 0. The van der Waals surface area contributed by atoms with Gasteiger partial charge < -0.3 is 10.6 Å². The molecule has 4 rings (SSSR count). The second-order valence-electron chi connectivity index (χ2n) is 7.67. The van der Waals surface area contributed by atoms with E-state index in [9.17, 15) is 4.79 Å². The normalized spacial score (nSPS) is 26.8. The predicted molar refractivity (Wildman–Crippen MR) is 97.7 cm³/mol. The molecular weight excluding hydrogens is 314 g/mol. The Morgan fingerprint density at radius 2 is 2.12 bits per heavy atom. The molecule has 2 bridgehead atoms. The van der Waals surface area contributed by atoms with E-state index < -0.39 is 0 Å². The molecule has 1 amide bonds. The number of nitrogens with zero attached hydrogens (tertiary/aromatic N) is 3. The molecule has 3 unspecified atom stereocenters. The van der Waals surface area contributed by atoms with Crippen molar-refractivity contribution in [1.82, 2.24) is 25.4 Å². The van der Waals surface area contributed by atoms with Gasteiger partial charge in [-0.15, -0.1) is 0 Å². The molecule has 2 saturated heterocycles. The largest absolute Gasteiger partial charge is 0.349 e. The molecule has 4 heterocycles. The smallest absolute Gasteiger partial charge is 0.252 e. The summed E-state index contributed by atoms with van der Waals surface area (Å²) in [6.07, 6.45) is 7.29. The topological polar surface area (TPSA) is 71.8 Å². The number of amides is 1. The van der Waals surface area contributed by atoms with Gasteiger partial charge in [0, 0.05) is 23.8 Å². The van der Waals surface area contributed by atoms with Crippen molar-refractivity contribution in [3.05, 3.63) is 23.5 Å². The first-order chi connectivity index (χ1) is 12.0. The summed E-state index contributed by atoms with van der Waals surface area (Å²) >= 11 is 0. The number of pyridine rings is 1. The van der Waals surface area contributed by atoms with E-state index in [-0.39, 0.29) is 18.0 Å². The lowest BCUT2D eigenvalue weighted by molar-refractivity contribution is 0.0925. The first kappa shape index (κ1) is 16.5. The molecule has 0 radical (unpaired) electrons. The Hall–Kier alpha value is -1.95. The first-order valence-electron chi connectivity index (χ1n) is 9.47. The van der Waals surface area contributed by atoms with E-state index in [0.29, 0.717) is 17.6 Å². The van der Waals surface area contributed by atoms with Crippen molar-refractivity contribution in [2.24, 2.45) is 0 Å². The van der Waals surface area contributed by atoms with Gasteiger partial charge in [0.15, 0.2) is 5.65 Å². The van der Waals surface area contributed by atoms with Crippen LogP contribution in [-0.4, -0.2) is 38.8 Å². The Labute approximate surface area is 148 Å². The Kier molecular flexibility index (Phi) is 4.23. The summed E-state index contributed by atoms with van der Waals surface area (Å²) in [5.41, 5.74) is 2.36. The third-order valence-electron chi connectivity index (χ3n) is 5.76. The van der Waals surface area contributed by atoms with Crippen molar-refractivity contribution in [3.8, 4) is 0 Å². The van der Waals surface area contributed by atoms with Gasteiger partial charge >= 0.3 is 0 Å². The van der Waals surface area contributed by atoms with Gasteiger partial charge in [-0.3, -0.25) is 4.79 Å². The van der Waals surface area contributed by atoms with E-state index in [1.165, 1.54) is 12.8 Å². The Bertz CT molecular complexity index is 786. The van der Waals surface area contributed by atoms with Crippen LogP contribution >= 0.6 is 0 Å². The van der Waals surface area contributed by atoms with Crippen LogP contribution < -0.4 is 10.6 Å². The molecule has 0 aromatic carbocycles. The quantitative estimate of drug-likeness (QED) is 0.897. The zero-order valence-corrected chi connectivity index (χ0v) is 15.2. The maximum Gasteiger partial charge on any atom is 0.252 e. The fourth-order valence-electron chi connectivity index (χ4n) is 4.26. The molecule has 2 aromatic heterocycles. The van der Waals surface area contributed by atoms with Crippen molar-refractivity contribution in [1.29, 1.82) is 0 Å². The molecule has 6 heteroatoms. The zero-order valence-electron chi connectivity index (χ0n) is 15.2. The SMILES string of the molecule is CCC(C)n1ncc2c(C(=O)NC3CC4CCC(C3)N4)cc(C)nc21. The Balaban J connectivity index is 1.62. The number of hydrogen-bond donors (Lipinski definition) is 2. The lowest BCUT2D eigenvalue weighted by Gasteiger charge is -2.29. The summed E-state index contributed by atoms with van der Waals surface area (Å²) in [6.45, 7) is 6.20. The van der Waals surface area contributed by atoms with Crippen LogP contribution in [-0.2, 0) is 0 Å². The van der Waals surface area contributed by atoms with Crippen LogP contribution in [0.2, 0.25) is 0 Å². The average Bonchev–Trinajstić information content (AvgIpc) is 3.16. The van der Waals surface area contributed by atoms with Crippen molar-refractivity contribution < 1.29 is 4.79 Å². The molecule has 2 N–H and O–H groups in total. The van der Waals surface area contributed by atoms with Crippen LogP contribution in [0.5, 0.6) is 0 Å². The van der Waals surface area contributed by atoms with Crippen molar-refractivity contribution >= 4 is 16.9 Å². The van der Waals surface area contributed by atoms with Crippen LogP contribution in [0.3, 0.4) is 0 Å². The van der Waals surface area contributed by atoms with Gasteiger partial charge in [-0.25, -0.2) is 9.67 Å². The van der Waals surface area contributed by atoms with Crippen molar-refractivity contribution in [2.45, 2.75) is 77.0 Å². The number of rotatable bonds is 4. The Morgan fingerprint density at radius 1 is 1.40 bits per heavy atom. The number of aromatic nitrogens is 3. The van der Waals surface area contributed by atoms with Gasteiger partial charge in [0.05, 0.1) is 23.2 Å². The van der Waals surface area contributed by atoms with E-state index >= 15 is 0 Å². The summed E-state index contributed by atoms with van der Waals surface area (Å²) in [6, 6.07) is 3.55. The van der Waals surface area contributed by atoms with E-state index in [2.05, 4.69) is 34.6 Å². The number of carbonyl (C=O) groups excluding carboxylic acids is 1. The molecular formula is C19H27N5O. The van der Waals surface area contributed by atoms with Crippen molar-refractivity contribution in [3.63, 3.8) is 0 Å². The molecule has 2 fully saturated rings. The molecule has 25 heavy (non-hydrogen) atoms. The number of piperidine rings is 1. The summed E-state index contributed by atoms with van der Waals surface area (Å²) in [4.78, 5) is 17.6. The standard InChI is InChI=1S/C19H27N5O/c1-4-12(3)24-18-17(10-20-24)16(7-11(2)21-18)19(25)23-15-8-13-5-6-14(9-15)22-13/h7,10,12-15,22H,4-6,8-9H2,1-3H3,(H,23,25). The molecule has 0 saturated carbocycles. The van der Waals surface area contributed by atoms with Gasteiger partial charge in [-0.05, 0) is 52.0 Å². The molecule has 6 nitrogen and oxygen atoms in total. The lowest BCUT2D eigenvalue weighted by Crippen LogP contribution is -2.48. The fraction of sp³-hybridized carbons (Fsp3) is 0.632. The van der Waals surface area contributed by atoms with Crippen molar-refractivity contribution in [2.75, 3.05) is 0 Å². The number of fused-ring (bicyclic) bond motifs is 3. The highest BCUT2D eigenvalue weighted by Gasteiger charge is 2.34. The van der Waals surface area contributed by atoms with Crippen LogP contribution in [0.15, 0.2) is 12.3 Å². The third kappa shape index (κ3) is 3.03. The monoisotopic (exact) mass is 341 g/mol. The van der Waals surface area contributed by atoms with Crippen LogP contribution in [0, 0.1) is 6.92 Å². The molecule has 0 spiro atoms. The summed E-state index contributed by atoms with van der Waals surface area (Å²) in [5.74, 6) is 0.00509. The third-order valence-corrected chi connectivity index (χ3v) is 5.76. The van der Waals surface area contributed by atoms with E-state index in [4.69, 9.17) is 0 Å². The number of carbonyl (C=O) groups is 1. The van der Waals surface area contributed by atoms with Gasteiger partial charge in [-0.2, -0.15) is 5.10 Å². The van der Waals surface area contributed by atoms with Gasteiger partial charge in [0.2, 0.25) is 0 Å². The zero-order chi connectivity index (χ0) is 17.6. The maximum absolute atomic E-state index is 13.0. The van der Waals surface area contributed by atoms with E-state index in [0.717, 1.165) is 36.0 Å². The highest BCUT2D eigenvalue weighted by molar-refractivity contribution is 6.05. The minimum Gasteiger partial charge on any atom is -0.349 e. The molecule has 134 valence electrons. The number of aryl methyl sites for hydroxylation is 1.